The van der Waals surface area contributed by atoms with E-state index in [0.29, 0.717) is 0 Å². The van der Waals surface area contributed by atoms with Gasteiger partial charge in [-0.1, -0.05) is 0 Å². The van der Waals surface area contributed by atoms with Gasteiger partial charge in [-0.15, -0.1) is 0 Å². The maximum absolute atomic E-state index is 9.98. The van der Waals surface area contributed by atoms with Crippen molar-refractivity contribution in [3.05, 3.63) is 0 Å². The molecule has 0 saturated carbocycles. The Morgan fingerprint density at radius 1 is 0.938 bits per heavy atom. The molecule has 0 spiro atoms. The monoisotopic (exact) mass is 308 g/mol. The second-order valence-corrected chi connectivity index (χ2v) is 2.06. The standard InChI is InChI=1S/C5H6O8.3K/c6-1(2(7)8)5(13,3(9)10)4(11)12;;;/h1,6,13H,(H,7,8)(H,9,10)(H,11,12);;;/q;3*+1/p-3. The number of aliphatic hydroxyl groups is 2. The van der Waals surface area contributed by atoms with E-state index in [1.165, 1.54) is 0 Å². The smallest absolute Gasteiger partial charge is 0.547 e. The first kappa shape index (κ1) is 27.6. The number of carboxylic acids is 3. The number of hydrogen-bond donors (Lipinski definition) is 2. The third kappa shape index (κ3) is 7.14. The van der Waals surface area contributed by atoms with Gasteiger partial charge in [0.05, 0.1) is 17.9 Å². The number of carbonyl (C=O) groups excluding carboxylic acids is 3. The number of carboxylic acid groups (broad SMARTS) is 3. The first-order chi connectivity index (χ1) is 5.74. The van der Waals surface area contributed by atoms with E-state index >= 15 is 0 Å². The van der Waals surface area contributed by atoms with Gasteiger partial charge < -0.3 is 39.9 Å². The summed E-state index contributed by atoms with van der Waals surface area (Å²) in [4.78, 5) is 29.8. The van der Waals surface area contributed by atoms with Crippen LogP contribution in [-0.4, -0.2) is 39.8 Å². The van der Waals surface area contributed by atoms with Crippen LogP contribution in [0.3, 0.4) is 0 Å². The zero-order valence-corrected chi connectivity index (χ0v) is 18.3. The minimum absolute atomic E-state index is 0. The molecular weight excluding hydrogens is 305 g/mol. The van der Waals surface area contributed by atoms with E-state index in [1.54, 1.807) is 0 Å². The van der Waals surface area contributed by atoms with Crippen LogP contribution in [0.5, 0.6) is 0 Å². The molecule has 0 bridgehead atoms. The summed E-state index contributed by atoms with van der Waals surface area (Å²) in [7, 11) is 0. The molecule has 0 aliphatic carbocycles. The van der Waals surface area contributed by atoms with Crippen LogP contribution in [0.4, 0.5) is 0 Å². The van der Waals surface area contributed by atoms with Crippen LogP contribution in [0.2, 0.25) is 0 Å². The summed E-state index contributed by atoms with van der Waals surface area (Å²) >= 11 is 0. The summed E-state index contributed by atoms with van der Waals surface area (Å²) in [5.41, 5.74) is -4.02. The van der Waals surface area contributed by atoms with E-state index in [9.17, 15) is 29.7 Å². The Hall–Kier alpha value is 3.24. The summed E-state index contributed by atoms with van der Waals surface area (Å²) in [6, 6.07) is 0. The molecule has 0 aliphatic heterocycles. The van der Waals surface area contributed by atoms with Gasteiger partial charge in [-0.3, -0.25) is 0 Å². The van der Waals surface area contributed by atoms with Gasteiger partial charge in [-0.25, -0.2) is 0 Å². The van der Waals surface area contributed by atoms with Gasteiger partial charge >= 0.3 is 154 Å². The van der Waals surface area contributed by atoms with Gasteiger partial charge in [-0.2, -0.15) is 0 Å². The number of carbonyl (C=O) groups is 3. The average molecular weight is 308 g/mol. The molecule has 0 aliphatic rings. The molecule has 1 unspecified atom stereocenters. The van der Waals surface area contributed by atoms with Crippen LogP contribution in [-0.2, 0) is 14.4 Å². The molecule has 0 heterocycles. The second-order valence-electron chi connectivity index (χ2n) is 2.06. The quantitative estimate of drug-likeness (QED) is 0.382. The minimum Gasteiger partial charge on any atom is -0.547 e. The molecule has 74 valence electrons. The number of aliphatic hydroxyl groups excluding tert-OH is 1. The first-order valence-corrected chi connectivity index (χ1v) is 2.78. The number of hydrogen-bond acceptors (Lipinski definition) is 8. The molecule has 16 heavy (non-hydrogen) atoms. The maximum atomic E-state index is 9.98. The fraction of sp³-hybridized carbons (Fsp3) is 0.400. The third-order valence-corrected chi connectivity index (χ3v) is 1.24. The molecule has 0 rings (SSSR count). The average Bonchev–Trinajstić information content (AvgIpc) is 2.00. The predicted octanol–water partition coefficient (Wildman–Crippen LogP) is -15.7. The van der Waals surface area contributed by atoms with Crippen molar-refractivity contribution >= 4 is 17.9 Å². The predicted molar refractivity (Wildman–Crippen MR) is 26.0 cm³/mol. The van der Waals surface area contributed by atoms with Crippen molar-refractivity contribution in [3.63, 3.8) is 0 Å². The Balaban J connectivity index is -0.000000240. The molecule has 1 atom stereocenters. The summed E-state index contributed by atoms with van der Waals surface area (Å²) in [5.74, 6) is -7.88. The van der Waals surface area contributed by atoms with Crippen LogP contribution in [0.25, 0.3) is 0 Å². The van der Waals surface area contributed by atoms with Crippen LogP contribution in [0.15, 0.2) is 0 Å². The van der Waals surface area contributed by atoms with E-state index in [4.69, 9.17) is 10.2 Å². The molecule has 0 aromatic heterocycles. The van der Waals surface area contributed by atoms with Crippen LogP contribution >= 0.6 is 0 Å². The Morgan fingerprint density at radius 2 is 1.19 bits per heavy atom. The molecular formula is C5H3K3O8. The molecule has 0 aromatic rings. The topological polar surface area (TPSA) is 161 Å². The van der Waals surface area contributed by atoms with Gasteiger partial charge in [0.15, 0.2) is 5.60 Å². The Morgan fingerprint density at radius 3 is 1.25 bits per heavy atom. The van der Waals surface area contributed by atoms with Crippen molar-refractivity contribution in [2.24, 2.45) is 0 Å². The number of rotatable bonds is 4. The van der Waals surface area contributed by atoms with Gasteiger partial charge in [0.25, 0.3) is 0 Å². The van der Waals surface area contributed by atoms with Gasteiger partial charge in [0.2, 0.25) is 0 Å². The zero-order valence-electron chi connectivity index (χ0n) is 8.92. The van der Waals surface area contributed by atoms with Crippen molar-refractivity contribution in [2.45, 2.75) is 11.7 Å². The molecule has 2 N–H and O–H groups in total. The van der Waals surface area contributed by atoms with Crippen LogP contribution in [0, 0.1) is 0 Å². The summed E-state index contributed by atoms with van der Waals surface area (Å²) < 4.78 is 0. The van der Waals surface area contributed by atoms with Crippen molar-refractivity contribution in [2.75, 3.05) is 0 Å². The van der Waals surface area contributed by atoms with Gasteiger partial charge in [-0.05, 0) is 0 Å². The van der Waals surface area contributed by atoms with E-state index in [-0.39, 0.29) is 154 Å². The second kappa shape index (κ2) is 12.0. The van der Waals surface area contributed by atoms with Crippen molar-refractivity contribution in [3.8, 4) is 0 Å². The largest absolute Gasteiger partial charge is 1.00 e. The number of aliphatic carboxylic acids is 3. The van der Waals surface area contributed by atoms with Crippen molar-refractivity contribution in [1.29, 1.82) is 0 Å². The summed E-state index contributed by atoms with van der Waals surface area (Å²) in [6.45, 7) is 0. The van der Waals surface area contributed by atoms with E-state index < -0.39 is 29.6 Å². The van der Waals surface area contributed by atoms with E-state index in [0.717, 1.165) is 0 Å². The van der Waals surface area contributed by atoms with E-state index in [1.807, 2.05) is 0 Å². The minimum atomic E-state index is -4.02. The Kier molecular flexibility index (Phi) is 20.7. The summed E-state index contributed by atoms with van der Waals surface area (Å²) in [6.07, 6.45) is -3.16. The van der Waals surface area contributed by atoms with Crippen LogP contribution in [0.1, 0.15) is 0 Å². The van der Waals surface area contributed by atoms with Crippen molar-refractivity contribution < 1.29 is 194 Å². The zero-order chi connectivity index (χ0) is 10.8. The fourth-order valence-corrected chi connectivity index (χ4v) is 0.477. The summed E-state index contributed by atoms with van der Waals surface area (Å²) in [5, 5.41) is 46.8. The van der Waals surface area contributed by atoms with Crippen molar-refractivity contribution in [1.82, 2.24) is 0 Å². The van der Waals surface area contributed by atoms with E-state index in [2.05, 4.69) is 0 Å². The SMILES string of the molecule is O=C([O-])C(O)C(O)(C(=O)[O-])C(=O)[O-].[K+].[K+].[K+]. The molecule has 0 aromatic carbocycles. The Bertz CT molecular complexity index is 252. The molecule has 8 nitrogen and oxygen atoms in total. The van der Waals surface area contributed by atoms with Gasteiger partial charge in [0, 0.05) is 0 Å². The molecule has 0 amide bonds. The fourth-order valence-electron chi connectivity index (χ4n) is 0.477. The normalized spacial score (nSPS) is 10.9. The molecule has 0 fully saturated rings. The molecule has 0 radical (unpaired) electrons. The Labute approximate surface area is 217 Å². The first-order valence-electron chi connectivity index (χ1n) is 2.78. The van der Waals surface area contributed by atoms with Crippen LogP contribution < -0.4 is 169 Å². The molecule has 0 saturated heterocycles. The maximum Gasteiger partial charge on any atom is 1.00 e. The van der Waals surface area contributed by atoms with Gasteiger partial charge in [0.1, 0.15) is 6.10 Å². The molecule has 11 heteroatoms. The third-order valence-electron chi connectivity index (χ3n) is 1.24.